The molecule has 4 nitrogen and oxygen atoms in total. The third-order valence-electron chi connectivity index (χ3n) is 2.52. The molecule has 1 aromatic heterocycles. The molecule has 1 N–H and O–H groups in total. The number of aldehydes is 1. The Morgan fingerprint density at radius 2 is 2.29 bits per heavy atom. The number of hydrogen-bond donors (Lipinski definition) is 1. The number of nitrogens with zero attached hydrogens (tertiary/aromatic N) is 1. The van der Waals surface area contributed by atoms with Gasteiger partial charge in [-0.15, -0.1) is 0 Å². The standard InChI is InChI=1S/C9H12N2O2S/c12-6-8-5-10-9(11-8)7-1-3-14(13)4-2-7/h5-7H,1-4H2,(H,10,11). The monoisotopic (exact) mass is 212 g/mol. The van der Waals surface area contributed by atoms with E-state index in [2.05, 4.69) is 9.97 Å². The van der Waals surface area contributed by atoms with Crippen LogP contribution in [0.1, 0.15) is 35.1 Å². The Balaban J connectivity index is 2.04. The lowest BCUT2D eigenvalue weighted by atomic mass is 10.0. The average Bonchev–Trinajstić information content (AvgIpc) is 2.67. The van der Waals surface area contributed by atoms with E-state index < -0.39 is 11.2 Å². The number of nitrogens with one attached hydrogen (secondary N) is 1. The Kier molecular flexibility index (Phi) is 2.88. The molecular weight excluding hydrogens is 200 g/mol. The number of imidazole rings is 1. The molecule has 1 fully saturated rings. The third kappa shape index (κ3) is 1.99. The summed E-state index contributed by atoms with van der Waals surface area (Å²) >= 11 is -0.641. The highest BCUT2D eigenvalue weighted by Gasteiger charge is 2.24. The van der Waals surface area contributed by atoms with Gasteiger partial charge in [0.05, 0.1) is 11.9 Å². The summed E-state index contributed by atoms with van der Waals surface area (Å²) in [6, 6.07) is 0. The highest BCUT2D eigenvalue weighted by molar-refractivity contribution is 7.91. The number of aromatic amines is 1. The van der Waals surface area contributed by atoms with Crippen LogP contribution in [0.3, 0.4) is 0 Å². The highest BCUT2D eigenvalue weighted by atomic mass is 32.2. The lowest BCUT2D eigenvalue weighted by molar-refractivity contribution is 0.111. The van der Waals surface area contributed by atoms with E-state index in [0.717, 1.165) is 36.5 Å². The summed E-state index contributed by atoms with van der Waals surface area (Å²) in [6.45, 7) is 0. The SMILES string of the molecule is O=Cc1cnc(C2CC[S+]([O-])CC2)[nH]1. The van der Waals surface area contributed by atoms with Gasteiger partial charge in [0.15, 0.2) is 6.29 Å². The molecule has 1 aliphatic rings. The van der Waals surface area contributed by atoms with Crippen LogP contribution < -0.4 is 0 Å². The summed E-state index contributed by atoms with van der Waals surface area (Å²) in [5.41, 5.74) is 0.520. The Bertz CT molecular complexity index is 318. The van der Waals surface area contributed by atoms with Gasteiger partial charge in [-0.05, 0) is 0 Å². The van der Waals surface area contributed by atoms with E-state index >= 15 is 0 Å². The zero-order chi connectivity index (χ0) is 9.97. The van der Waals surface area contributed by atoms with Crippen LogP contribution >= 0.6 is 0 Å². The summed E-state index contributed by atoms with van der Waals surface area (Å²) in [5, 5.41) is 0. The van der Waals surface area contributed by atoms with Crippen LogP contribution in [0.4, 0.5) is 0 Å². The highest BCUT2D eigenvalue weighted by Crippen LogP contribution is 2.26. The van der Waals surface area contributed by atoms with Gasteiger partial charge in [0.25, 0.3) is 0 Å². The molecule has 0 aliphatic carbocycles. The van der Waals surface area contributed by atoms with Gasteiger partial charge in [-0.3, -0.25) is 4.79 Å². The summed E-state index contributed by atoms with van der Waals surface area (Å²) < 4.78 is 11.1. The predicted molar refractivity (Wildman–Crippen MR) is 53.8 cm³/mol. The van der Waals surface area contributed by atoms with Crippen LogP contribution in [0, 0.1) is 0 Å². The first-order valence-electron chi connectivity index (χ1n) is 4.64. The fraction of sp³-hybridized carbons (Fsp3) is 0.556. The number of H-pyrrole nitrogens is 1. The van der Waals surface area contributed by atoms with Crippen LogP contribution in [0.25, 0.3) is 0 Å². The van der Waals surface area contributed by atoms with Gasteiger partial charge in [0.2, 0.25) is 0 Å². The van der Waals surface area contributed by atoms with Gasteiger partial charge in [-0.25, -0.2) is 4.98 Å². The summed E-state index contributed by atoms with van der Waals surface area (Å²) in [5.74, 6) is 2.72. The minimum atomic E-state index is -0.641. The first-order valence-corrected chi connectivity index (χ1v) is 6.13. The number of carbonyl (C=O) groups is 1. The maximum Gasteiger partial charge on any atom is 0.167 e. The summed E-state index contributed by atoms with van der Waals surface area (Å²) in [4.78, 5) is 17.6. The van der Waals surface area contributed by atoms with Crippen LogP contribution in [0.5, 0.6) is 0 Å². The quantitative estimate of drug-likeness (QED) is 0.583. The normalized spacial score (nSPS) is 27.5. The number of hydrogen-bond acceptors (Lipinski definition) is 3. The van der Waals surface area contributed by atoms with Crippen LogP contribution in [0.15, 0.2) is 6.20 Å². The van der Waals surface area contributed by atoms with Gasteiger partial charge < -0.3 is 9.54 Å². The Hall–Kier alpha value is -0.810. The molecule has 0 radical (unpaired) electrons. The molecule has 1 saturated heterocycles. The molecule has 2 rings (SSSR count). The molecule has 0 unspecified atom stereocenters. The lowest BCUT2D eigenvalue weighted by Crippen LogP contribution is -2.22. The number of carbonyl (C=O) groups excluding carboxylic acids is 1. The van der Waals surface area contributed by atoms with Crippen molar-refractivity contribution in [3.05, 3.63) is 17.7 Å². The second-order valence-electron chi connectivity index (χ2n) is 3.46. The van der Waals surface area contributed by atoms with Crippen molar-refractivity contribution >= 4 is 17.5 Å². The van der Waals surface area contributed by atoms with Crippen molar-refractivity contribution in [3.63, 3.8) is 0 Å². The Morgan fingerprint density at radius 1 is 1.57 bits per heavy atom. The second kappa shape index (κ2) is 4.14. The van der Waals surface area contributed by atoms with Crippen LogP contribution in [0.2, 0.25) is 0 Å². The van der Waals surface area contributed by atoms with Crippen molar-refractivity contribution in [1.29, 1.82) is 0 Å². The minimum Gasteiger partial charge on any atom is -0.616 e. The molecule has 1 aromatic rings. The van der Waals surface area contributed by atoms with Gasteiger partial charge in [-0.1, -0.05) is 11.2 Å². The molecule has 5 heteroatoms. The molecule has 0 bridgehead atoms. The van der Waals surface area contributed by atoms with E-state index in [4.69, 9.17) is 0 Å². The van der Waals surface area contributed by atoms with Gasteiger partial charge in [-0.2, -0.15) is 0 Å². The average molecular weight is 212 g/mol. The maximum atomic E-state index is 11.1. The molecule has 0 aromatic carbocycles. The molecular formula is C9H12N2O2S. The molecule has 0 saturated carbocycles. The van der Waals surface area contributed by atoms with Crippen LogP contribution in [-0.4, -0.2) is 32.3 Å². The summed E-state index contributed by atoms with van der Waals surface area (Å²) in [7, 11) is 0. The van der Waals surface area contributed by atoms with E-state index in [1.54, 1.807) is 6.20 Å². The minimum absolute atomic E-state index is 0.349. The zero-order valence-electron chi connectivity index (χ0n) is 7.73. The van der Waals surface area contributed by atoms with Crippen molar-refractivity contribution in [2.45, 2.75) is 18.8 Å². The molecule has 1 aliphatic heterocycles. The first-order chi connectivity index (χ1) is 6.79. The second-order valence-corrected chi connectivity index (χ2v) is 5.16. The van der Waals surface area contributed by atoms with Gasteiger partial charge >= 0.3 is 0 Å². The third-order valence-corrected chi connectivity index (χ3v) is 3.90. The topological polar surface area (TPSA) is 68.8 Å². The van der Waals surface area contributed by atoms with Crippen molar-refractivity contribution in [3.8, 4) is 0 Å². The number of rotatable bonds is 2. The van der Waals surface area contributed by atoms with Crippen molar-refractivity contribution in [2.24, 2.45) is 0 Å². The Morgan fingerprint density at radius 3 is 2.86 bits per heavy atom. The lowest BCUT2D eigenvalue weighted by Gasteiger charge is -2.22. The molecule has 2 heterocycles. The van der Waals surface area contributed by atoms with Gasteiger partial charge in [0, 0.05) is 18.8 Å². The molecule has 0 spiro atoms. The maximum absolute atomic E-state index is 11.1. The van der Waals surface area contributed by atoms with E-state index in [0.29, 0.717) is 11.6 Å². The number of aromatic nitrogens is 2. The first kappa shape index (κ1) is 9.73. The van der Waals surface area contributed by atoms with Crippen LogP contribution in [-0.2, 0) is 11.2 Å². The molecule has 14 heavy (non-hydrogen) atoms. The molecule has 76 valence electrons. The van der Waals surface area contributed by atoms with E-state index in [-0.39, 0.29) is 0 Å². The largest absolute Gasteiger partial charge is 0.616 e. The van der Waals surface area contributed by atoms with Crippen molar-refractivity contribution in [1.82, 2.24) is 9.97 Å². The molecule has 0 amide bonds. The van der Waals surface area contributed by atoms with Crippen molar-refractivity contribution < 1.29 is 9.35 Å². The Labute approximate surface area is 85.3 Å². The summed E-state index contributed by atoms with van der Waals surface area (Å²) in [6.07, 6.45) is 4.11. The van der Waals surface area contributed by atoms with E-state index in [1.807, 2.05) is 0 Å². The smallest absolute Gasteiger partial charge is 0.167 e. The van der Waals surface area contributed by atoms with E-state index in [1.165, 1.54) is 0 Å². The molecule has 0 atom stereocenters. The van der Waals surface area contributed by atoms with E-state index in [9.17, 15) is 9.35 Å². The van der Waals surface area contributed by atoms with Crippen molar-refractivity contribution in [2.75, 3.05) is 11.5 Å². The fourth-order valence-electron chi connectivity index (χ4n) is 1.69. The van der Waals surface area contributed by atoms with Gasteiger partial charge in [0.1, 0.15) is 17.3 Å². The fourth-order valence-corrected chi connectivity index (χ4v) is 2.99. The zero-order valence-corrected chi connectivity index (χ0v) is 8.55. The predicted octanol–water partition coefficient (Wildman–Crippen LogP) is 0.848.